The van der Waals surface area contributed by atoms with Crippen LogP contribution in [-0.2, 0) is 16.3 Å². The molecule has 0 N–H and O–H groups in total. The highest BCUT2D eigenvalue weighted by atomic mass is 32.2. The first kappa shape index (κ1) is 17.3. The molecule has 0 aliphatic heterocycles. The van der Waals surface area contributed by atoms with Gasteiger partial charge in [-0.1, -0.05) is 24.3 Å². The zero-order valence-electron chi connectivity index (χ0n) is 13.6. The van der Waals surface area contributed by atoms with Crippen molar-refractivity contribution in [2.45, 2.75) is 4.90 Å². The zero-order valence-corrected chi connectivity index (χ0v) is 14.4. The predicted octanol–water partition coefficient (Wildman–Crippen LogP) is 3.84. The third-order valence-corrected chi connectivity index (χ3v) is 4.30. The standard InChI is InChI=1S/C18H15FN2O3S/c1-21-18(22)17(13-3-7-14(19)8-4-13)16(11-20-21)12-5-9-15(10-6-12)25-24-23-2/h3-11H,1-2H3. The number of halogens is 1. The predicted molar refractivity (Wildman–Crippen MR) is 94.3 cm³/mol. The normalized spacial score (nSPS) is 10.8. The Morgan fingerprint density at radius 1 is 1.04 bits per heavy atom. The van der Waals surface area contributed by atoms with Crippen molar-refractivity contribution in [3.05, 3.63) is 70.9 Å². The zero-order chi connectivity index (χ0) is 17.8. The van der Waals surface area contributed by atoms with Crippen molar-refractivity contribution >= 4 is 12.0 Å². The quantitative estimate of drug-likeness (QED) is 0.394. The molecule has 0 aliphatic rings. The molecule has 3 rings (SSSR count). The third kappa shape index (κ3) is 3.79. The van der Waals surface area contributed by atoms with Crippen LogP contribution in [0.5, 0.6) is 0 Å². The molecule has 1 heterocycles. The molecule has 128 valence electrons. The maximum Gasteiger partial charge on any atom is 0.274 e. The third-order valence-electron chi connectivity index (χ3n) is 3.63. The summed E-state index contributed by atoms with van der Waals surface area (Å²) in [7, 11) is 3.02. The highest BCUT2D eigenvalue weighted by Crippen LogP contribution is 2.30. The van der Waals surface area contributed by atoms with E-state index in [1.54, 1.807) is 25.4 Å². The lowest BCUT2D eigenvalue weighted by molar-refractivity contribution is -0.160. The lowest BCUT2D eigenvalue weighted by atomic mass is 9.97. The van der Waals surface area contributed by atoms with Crippen LogP contribution >= 0.6 is 12.0 Å². The van der Waals surface area contributed by atoms with Gasteiger partial charge in [0, 0.05) is 17.5 Å². The van der Waals surface area contributed by atoms with Crippen molar-refractivity contribution in [2.75, 3.05) is 7.11 Å². The Morgan fingerprint density at radius 3 is 2.32 bits per heavy atom. The van der Waals surface area contributed by atoms with Crippen LogP contribution in [0.3, 0.4) is 0 Å². The molecule has 3 aromatic rings. The topological polar surface area (TPSA) is 53.4 Å². The smallest absolute Gasteiger partial charge is 0.267 e. The number of nitrogens with zero attached hydrogens (tertiary/aromatic N) is 2. The second-order valence-electron chi connectivity index (χ2n) is 5.21. The molecule has 0 spiro atoms. The summed E-state index contributed by atoms with van der Waals surface area (Å²) in [5.41, 5.74) is 2.38. The maximum absolute atomic E-state index is 13.2. The number of hydrogen-bond donors (Lipinski definition) is 0. The molecule has 0 saturated heterocycles. The number of aryl methyl sites for hydroxylation is 1. The van der Waals surface area contributed by atoms with Crippen molar-refractivity contribution in [3.63, 3.8) is 0 Å². The molecule has 0 aliphatic carbocycles. The monoisotopic (exact) mass is 358 g/mol. The van der Waals surface area contributed by atoms with Gasteiger partial charge in [-0.3, -0.25) is 4.79 Å². The van der Waals surface area contributed by atoms with E-state index in [4.69, 9.17) is 4.33 Å². The average molecular weight is 358 g/mol. The van der Waals surface area contributed by atoms with E-state index in [-0.39, 0.29) is 11.4 Å². The Morgan fingerprint density at radius 2 is 1.68 bits per heavy atom. The van der Waals surface area contributed by atoms with Gasteiger partial charge in [0.15, 0.2) is 0 Å². The van der Waals surface area contributed by atoms with E-state index < -0.39 is 0 Å². The van der Waals surface area contributed by atoms with E-state index in [2.05, 4.69) is 9.99 Å². The van der Waals surface area contributed by atoms with Crippen LogP contribution in [0.4, 0.5) is 4.39 Å². The van der Waals surface area contributed by atoms with E-state index in [9.17, 15) is 9.18 Å². The number of benzene rings is 2. The Labute approximate surface area is 148 Å². The number of rotatable bonds is 5. The van der Waals surface area contributed by atoms with Crippen LogP contribution in [0.1, 0.15) is 0 Å². The van der Waals surface area contributed by atoms with Gasteiger partial charge in [0.1, 0.15) is 5.82 Å². The van der Waals surface area contributed by atoms with Gasteiger partial charge in [-0.2, -0.15) is 9.43 Å². The van der Waals surface area contributed by atoms with Crippen molar-refractivity contribution in [2.24, 2.45) is 7.05 Å². The van der Waals surface area contributed by atoms with Gasteiger partial charge in [0.2, 0.25) is 0 Å². The molecule has 0 fully saturated rings. The highest BCUT2D eigenvalue weighted by Gasteiger charge is 2.14. The molecule has 0 radical (unpaired) electrons. The van der Waals surface area contributed by atoms with Crippen molar-refractivity contribution in [1.29, 1.82) is 0 Å². The molecule has 7 heteroatoms. The molecule has 0 unspecified atom stereocenters. The first-order valence-electron chi connectivity index (χ1n) is 7.40. The highest BCUT2D eigenvalue weighted by molar-refractivity contribution is 7.94. The van der Waals surface area contributed by atoms with Gasteiger partial charge in [-0.25, -0.2) is 14.0 Å². The van der Waals surface area contributed by atoms with Crippen LogP contribution in [0.15, 0.2) is 64.4 Å². The van der Waals surface area contributed by atoms with Crippen molar-refractivity contribution < 1.29 is 13.6 Å². The van der Waals surface area contributed by atoms with E-state index >= 15 is 0 Å². The molecule has 0 bridgehead atoms. The van der Waals surface area contributed by atoms with Crippen LogP contribution < -0.4 is 5.56 Å². The minimum atomic E-state index is -0.351. The van der Waals surface area contributed by atoms with Gasteiger partial charge in [0.05, 0.1) is 30.9 Å². The van der Waals surface area contributed by atoms with E-state index in [1.165, 1.54) is 23.9 Å². The first-order valence-corrected chi connectivity index (χ1v) is 8.14. The Kier molecular flexibility index (Phi) is 5.28. The van der Waals surface area contributed by atoms with E-state index in [0.717, 1.165) is 22.5 Å². The Bertz CT molecular complexity index is 925. The van der Waals surface area contributed by atoms with Crippen LogP contribution in [0.25, 0.3) is 22.3 Å². The maximum atomic E-state index is 13.2. The second-order valence-corrected chi connectivity index (χ2v) is 5.99. The summed E-state index contributed by atoms with van der Waals surface area (Å²) >= 11 is 1.09. The molecule has 0 saturated carbocycles. The number of aromatic nitrogens is 2. The van der Waals surface area contributed by atoms with Crippen molar-refractivity contribution in [1.82, 2.24) is 9.78 Å². The summed E-state index contributed by atoms with van der Waals surface area (Å²) in [6, 6.07) is 13.3. The fourth-order valence-corrected chi connectivity index (χ4v) is 2.81. The van der Waals surface area contributed by atoms with Gasteiger partial charge < -0.3 is 0 Å². The minimum Gasteiger partial charge on any atom is -0.267 e. The molecule has 0 atom stereocenters. The molecule has 2 aromatic carbocycles. The fraction of sp³-hybridized carbons (Fsp3) is 0.111. The molecule has 25 heavy (non-hydrogen) atoms. The van der Waals surface area contributed by atoms with Crippen LogP contribution in [0, 0.1) is 5.82 Å². The minimum absolute atomic E-state index is 0.245. The van der Waals surface area contributed by atoms with Crippen LogP contribution in [0.2, 0.25) is 0 Å². The lowest BCUT2D eigenvalue weighted by Crippen LogP contribution is -2.21. The summed E-state index contributed by atoms with van der Waals surface area (Å²) in [4.78, 5) is 18.0. The van der Waals surface area contributed by atoms with Crippen LogP contribution in [-0.4, -0.2) is 16.9 Å². The Balaban J connectivity index is 2.09. The van der Waals surface area contributed by atoms with Gasteiger partial charge >= 0.3 is 0 Å². The lowest BCUT2D eigenvalue weighted by Gasteiger charge is -2.11. The SMILES string of the molecule is COOSc1ccc(-c2cnn(C)c(=O)c2-c2ccc(F)cc2)cc1. The summed E-state index contributed by atoms with van der Waals surface area (Å²) in [5, 5.41) is 4.11. The Hall–Kier alpha value is -2.48. The second kappa shape index (κ2) is 7.60. The van der Waals surface area contributed by atoms with Gasteiger partial charge in [0.25, 0.3) is 5.56 Å². The van der Waals surface area contributed by atoms with Gasteiger partial charge in [-0.15, -0.1) is 0 Å². The molecular formula is C18H15FN2O3S. The summed E-state index contributed by atoms with van der Waals surface area (Å²) in [6.07, 6.45) is 1.63. The average Bonchev–Trinajstić information content (AvgIpc) is 2.63. The first-order chi connectivity index (χ1) is 12.1. The van der Waals surface area contributed by atoms with Gasteiger partial charge in [-0.05, 0) is 35.4 Å². The summed E-state index contributed by atoms with van der Waals surface area (Å²) in [6.45, 7) is 0. The molecule has 5 nitrogen and oxygen atoms in total. The van der Waals surface area contributed by atoms with Crippen molar-refractivity contribution in [3.8, 4) is 22.3 Å². The number of hydrogen-bond acceptors (Lipinski definition) is 5. The van der Waals surface area contributed by atoms with E-state index in [0.29, 0.717) is 16.7 Å². The van der Waals surface area contributed by atoms with E-state index in [1.807, 2.05) is 24.3 Å². The summed E-state index contributed by atoms with van der Waals surface area (Å²) in [5.74, 6) is -0.351. The largest absolute Gasteiger partial charge is 0.274 e. The molecule has 1 aromatic heterocycles. The fourth-order valence-electron chi connectivity index (χ4n) is 2.42. The summed E-state index contributed by atoms with van der Waals surface area (Å²) < 4.78 is 19.3. The molecule has 0 amide bonds. The molecular weight excluding hydrogens is 343 g/mol.